The van der Waals surface area contributed by atoms with Gasteiger partial charge in [-0.1, -0.05) is 46.9 Å². The van der Waals surface area contributed by atoms with Gasteiger partial charge < -0.3 is 0 Å². The third kappa shape index (κ3) is 4.25. The number of benzene rings is 2. The molecule has 1 atom stereocenters. The number of alkyl halides is 3. The van der Waals surface area contributed by atoms with Gasteiger partial charge in [0, 0.05) is 17.0 Å². The molecule has 0 amide bonds. The van der Waals surface area contributed by atoms with E-state index in [-0.39, 0.29) is 10.6 Å². The van der Waals surface area contributed by atoms with Gasteiger partial charge in [0.05, 0.1) is 10.0 Å². The number of thiol groups is 1. The molecule has 0 saturated carbocycles. The highest BCUT2D eigenvalue weighted by Gasteiger charge is 2.55. The summed E-state index contributed by atoms with van der Waals surface area (Å²) in [4.78, 5) is 12.3. The lowest BCUT2D eigenvalue weighted by Crippen LogP contribution is -2.39. The summed E-state index contributed by atoms with van der Waals surface area (Å²) in [7, 11) is 0. The minimum absolute atomic E-state index is 0.00511. The fourth-order valence-electron chi connectivity index (χ4n) is 2.16. The average molecular weight is 432 g/mol. The second kappa shape index (κ2) is 7.35. The molecule has 0 bridgehead atoms. The van der Waals surface area contributed by atoms with Gasteiger partial charge in [-0.05, 0) is 29.8 Å². The smallest absolute Gasteiger partial charge is 0.294 e. The Labute approximate surface area is 161 Å². The summed E-state index contributed by atoms with van der Waals surface area (Å²) >= 11 is 20.6. The van der Waals surface area contributed by atoms with E-state index in [1.165, 1.54) is 24.3 Å². The largest absolute Gasteiger partial charge is 0.407 e. The maximum atomic E-state index is 13.7. The van der Waals surface area contributed by atoms with E-state index in [9.17, 15) is 22.4 Å². The molecule has 0 aliphatic carbocycles. The lowest BCUT2D eigenvalue weighted by Gasteiger charge is -2.31. The summed E-state index contributed by atoms with van der Waals surface area (Å²) in [5, 5.41) is -0.990. The first-order valence-electron chi connectivity index (χ1n) is 6.68. The molecule has 0 saturated heterocycles. The van der Waals surface area contributed by atoms with E-state index >= 15 is 0 Å². The number of ketones is 1. The number of hydrogen-bond donors (Lipinski definition) is 1. The summed E-state index contributed by atoms with van der Waals surface area (Å²) < 4.78 is 51.6. The molecule has 0 heterocycles. The van der Waals surface area contributed by atoms with Crippen molar-refractivity contribution in [2.45, 2.75) is 17.3 Å². The molecule has 1 nitrogen and oxygen atoms in total. The van der Waals surface area contributed by atoms with Crippen molar-refractivity contribution in [3.63, 3.8) is 0 Å². The van der Waals surface area contributed by atoms with E-state index in [2.05, 4.69) is 12.6 Å². The Morgan fingerprint density at radius 3 is 2.08 bits per heavy atom. The molecule has 2 aromatic carbocycles. The van der Waals surface area contributed by atoms with Crippen LogP contribution in [0.2, 0.25) is 15.1 Å². The van der Waals surface area contributed by atoms with Gasteiger partial charge in [0.2, 0.25) is 0 Å². The predicted octanol–water partition coefficient (Wildman–Crippen LogP) is 6.75. The predicted molar refractivity (Wildman–Crippen MR) is 93.5 cm³/mol. The Morgan fingerprint density at radius 2 is 1.60 bits per heavy atom. The van der Waals surface area contributed by atoms with E-state index in [1.807, 2.05) is 0 Å². The zero-order valence-corrected chi connectivity index (χ0v) is 15.3. The number of halogens is 7. The molecule has 2 rings (SSSR count). The van der Waals surface area contributed by atoms with E-state index in [4.69, 9.17) is 34.8 Å². The highest BCUT2D eigenvalue weighted by molar-refractivity contribution is 7.81. The summed E-state index contributed by atoms with van der Waals surface area (Å²) in [5.41, 5.74) is -0.537. The zero-order valence-electron chi connectivity index (χ0n) is 12.2. The van der Waals surface area contributed by atoms with Crippen molar-refractivity contribution in [1.82, 2.24) is 0 Å². The van der Waals surface area contributed by atoms with Crippen LogP contribution in [-0.2, 0) is 4.75 Å². The molecule has 0 spiro atoms. The molecule has 0 aromatic heterocycles. The molecular formula is C16H9Cl3F4OS. The third-order valence-electron chi connectivity index (χ3n) is 3.49. The Morgan fingerprint density at radius 1 is 1.04 bits per heavy atom. The minimum atomic E-state index is -4.94. The lowest BCUT2D eigenvalue weighted by molar-refractivity contribution is -0.160. The van der Waals surface area contributed by atoms with E-state index in [0.29, 0.717) is 0 Å². The van der Waals surface area contributed by atoms with Gasteiger partial charge in [0.25, 0.3) is 0 Å². The summed E-state index contributed by atoms with van der Waals surface area (Å²) in [5.74, 6) is -1.89. The molecule has 9 heteroatoms. The topological polar surface area (TPSA) is 17.1 Å². The standard InChI is InChI=1S/C16H9Cl3F4OS/c17-10-3-1-2-8(4-10)13(24)7-15(25,16(21,22)23)9-5-11(18)14(20)12(19)6-9/h1-6,25H,7H2. The molecule has 25 heavy (non-hydrogen) atoms. The second-order valence-corrected chi connectivity index (χ2v) is 7.24. The van der Waals surface area contributed by atoms with Gasteiger partial charge in [-0.25, -0.2) is 4.39 Å². The van der Waals surface area contributed by atoms with Crippen LogP contribution in [0.25, 0.3) is 0 Å². The maximum Gasteiger partial charge on any atom is 0.407 e. The van der Waals surface area contributed by atoms with Crippen LogP contribution < -0.4 is 0 Å². The molecule has 1 unspecified atom stereocenters. The molecule has 0 aliphatic heterocycles. The van der Waals surface area contributed by atoms with Crippen LogP contribution in [0.4, 0.5) is 17.6 Å². The van der Waals surface area contributed by atoms with E-state index in [1.54, 1.807) is 0 Å². The lowest BCUT2D eigenvalue weighted by atomic mass is 9.89. The van der Waals surface area contributed by atoms with Crippen molar-refractivity contribution in [2.75, 3.05) is 0 Å². The molecular weight excluding hydrogens is 423 g/mol. The number of carbonyl (C=O) groups excluding carboxylic acids is 1. The van der Waals surface area contributed by atoms with Crippen LogP contribution in [0, 0.1) is 5.82 Å². The SMILES string of the molecule is O=C(CC(S)(c1cc(Cl)c(F)c(Cl)c1)C(F)(F)F)c1cccc(Cl)c1. The summed E-state index contributed by atoms with van der Waals surface area (Å²) in [6.45, 7) is 0. The summed E-state index contributed by atoms with van der Waals surface area (Å²) in [6.07, 6.45) is -5.98. The van der Waals surface area contributed by atoms with Gasteiger partial charge in [-0.15, -0.1) is 0 Å². The Bertz CT molecular complexity index is 802. The van der Waals surface area contributed by atoms with Crippen molar-refractivity contribution >= 4 is 53.2 Å². The van der Waals surface area contributed by atoms with Crippen molar-refractivity contribution in [2.24, 2.45) is 0 Å². The highest BCUT2D eigenvalue weighted by atomic mass is 35.5. The van der Waals surface area contributed by atoms with Crippen LogP contribution in [0.3, 0.4) is 0 Å². The summed E-state index contributed by atoms with van der Waals surface area (Å²) in [6, 6.07) is 7.02. The normalized spacial score (nSPS) is 14.2. The number of rotatable bonds is 4. The monoisotopic (exact) mass is 430 g/mol. The molecule has 0 radical (unpaired) electrons. The van der Waals surface area contributed by atoms with Crippen LogP contribution in [0.5, 0.6) is 0 Å². The van der Waals surface area contributed by atoms with Crippen molar-refractivity contribution in [1.29, 1.82) is 0 Å². The zero-order chi connectivity index (χ0) is 19.0. The Hall–Kier alpha value is -0.950. The third-order valence-corrected chi connectivity index (χ3v) is 4.95. The number of hydrogen-bond acceptors (Lipinski definition) is 2. The van der Waals surface area contributed by atoms with Crippen LogP contribution >= 0.6 is 47.4 Å². The Kier molecular flexibility index (Phi) is 5.99. The molecule has 134 valence electrons. The number of carbonyl (C=O) groups is 1. The van der Waals surface area contributed by atoms with Gasteiger partial charge in [0.15, 0.2) is 11.6 Å². The highest BCUT2D eigenvalue weighted by Crippen LogP contribution is 2.49. The van der Waals surface area contributed by atoms with Crippen molar-refractivity contribution < 1.29 is 22.4 Å². The van der Waals surface area contributed by atoms with Gasteiger partial charge in [-0.2, -0.15) is 25.8 Å². The van der Waals surface area contributed by atoms with Gasteiger partial charge >= 0.3 is 6.18 Å². The fourth-order valence-corrected chi connectivity index (χ4v) is 3.11. The van der Waals surface area contributed by atoms with Crippen LogP contribution in [-0.4, -0.2) is 12.0 Å². The van der Waals surface area contributed by atoms with E-state index < -0.39 is 44.6 Å². The molecule has 0 fully saturated rings. The molecule has 2 aromatic rings. The second-order valence-electron chi connectivity index (χ2n) is 5.22. The first kappa shape index (κ1) is 20.4. The fraction of sp³-hybridized carbons (Fsp3) is 0.188. The van der Waals surface area contributed by atoms with Gasteiger partial charge in [0.1, 0.15) is 4.75 Å². The van der Waals surface area contributed by atoms with Crippen LogP contribution in [0.15, 0.2) is 36.4 Å². The van der Waals surface area contributed by atoms with Gasteiger partial charge in [-0.3, -0.25) is 4.79 Å². The number of Topliss-reactive ketones (excluding diaryl/α,β-unsaturated/α-hetero) is 1. The first-order chi connectivity index (χ1) is 11.5. The van der Waals surface area contributed by atoms with Crippen molar-refractivity contribution in [3.8, 4) is 0 Å². The van der Waals surface area contributed by atoms with Crippen molar-refractivity contribution in [3.05, 3.63) is 68.4 Å². The first-order valence-corrected chi connectivity index (χ1v) is 8.26. The Balaban J connectivity index is 2.51. The average Bonchev–Trinajstić information content (AvgIpc) is 2.50. The maximum absolute atomic E-state index is 13.7. The molecule has 0 N–H and O–H groups in total. The quantitative estimate of drug-likeness (QED) is 0.245. The minimum Gasteiger partial charge on any atom is -0.294 e. The molecule has 0 aliphatic rings. The van der Waals surface area contributed by atoms with E-state index in [0.717, 1.165) is 12.1 Å². The van der Waals surface area contributed by atoms with Crippen LogP contribution in [0.1, 0.15) is 22.3 Å².